The van der Waals surface area contributed by atoms with Crippen LogP contribution in [-0.2, 0) is 0 Å². The van der Waals surface area contributed by atoms with E-state index in [2.05, 4.69) is 26.2 Å². The first-order valence-electron chi connectivity index (χ1n) is 6.33. The molecule has 0 fully saturated rings. The fraction of sp³-hybridized carbons (Fsp3) is 0.133. The van der Waals surface area contributed by atoms with Crippen molar-refractivity contribution in [3.8, 4) is 0 Å². The number of oxazole rings is 1. The van der Waals surface area contributed by atoms with Crippen LogP contribution in [0.5, 0.6) is 0 Å². The molecule has 108 valence electrons. The summed E-state index contributed by atoms with van der Waals surface area (Å²) in [5.74, 6) is -0.450. The van der Waals surface area contributed by atoms with E-state index in [1.54, 1.807) is 0 Å². The number of hydrogen-bond donors (Lipinski definition) is 2. The number of benzene rings is 2. The minimum atomic E-state index is -0.450. The Morgan fingerprint density at radius 2 is 2.05 bits per heavy atom. The average Bonchev–Trinajstić information content (AvgIpc) is 2.78. The molecule has 0 saturated heterocycles. The number of aromatic nitrogens is 1. The molecule has 3 aromatic rings. The van der Waals surface area contributed by atoms with Gasteiger partial charge in [0.2, 0.25) is 0 Å². The summed E-state index contributed by atoms with van der Waals surface area (Å²) in [5, 5.41) is 3.91. The van der Waals surface area contributed by atoms with Gasteiger partial charge >= 0.3 is 5.76 Å². The highest BCUT2D eigenvalue weighted by Crippen LogP contribution is 2.29. The van der Waals surface area contributed by atoms with Gasteiger partial charge in [0.25, 0.3) is 0 Å². The van der Waals surface area contributed by atoms with Crippen molar-refractivity contribution in [3.63, 3.8) is 0 Å². The number of hydrogen-bond acceptors (Lipinski definition) is 3. The van der Waals surface area contributed by atoms with Gasteiger partial charge in [-0.3, -0.25) is 4.98 Å². The lowest BCUT2D eigenvalue weighted by molar-refractivity contribution is 0.554. The maximum absolute atomic E-state index is 11.2. The molecule has 2 aromatic carbocycles. The molecule has 0 radical (unpaired) electrons. The van der Waals surface area contributed by atoms with Crippen molar-refractivity contribution in [3.05, 3.63) is 67.6 Å². The second-order valence-corrected chi connectivity index (χ2v) is 6.05. The van der Waals surface area contributed by atoms with Gasteiger partial charge in [-0.1, -0.05) is 33.6 Å². The lowest BCUT2D eigenvalue weighted by Gasteiger charge is -2.18. The summed E-state index contributed by atoms with van der Waals surface area (Å²) in [6.45, 7) is 0. The normalized spacial score (nSPS) is 12.7. The van der Waals surface area contributed by atoms with Crippen LogP contribution in [0.2, 0.25) is 5.02 Å². The summed E-state index contributed by atoms with van der Waals surface area (Å²) < 4.78 is 6.03. The number of H-pyrrole nitrogens is 1. The van der Waals surface area contributed by atoms with Gasteiger partial charge in [-0.15, -0.1) is 0 Å². The molecule has 0 aliphatic heterocycles. The molecule has 0 aliphatic rings. The third-order valence-corrected chi connectivity index (χ3v) is 3.96. The average molecular weight is 368 g/mol. The van der Waals surface area contributed by atoms with Crippen LogP contribution in [0, 0.1) is 0 Å². The first-order valence-corrected chi connectivity index (χ1v) is 7.50. The fourth-order valence-corrected chi connectivity index (χ4v) is 3.30. The molecule has 21 heavy (non-hydrogen) atoms. The summed E-state index contributed by atoms with van der Waals surface area (Å²) >= 11 is 9.56. The highest BCUT2D eigenvalue weighted by molar-refractivity contribution is 9.10. The Morgan fingerprint density at radius 3 is 2.76 bits per heavy atom. The summed E-state index contributed by atoms with van der Waals surface area (Å²) in [5.41, 5.74) is 3.24. The van der Waals surface area contributed by atoms with Gasteiger partial charge in [0.15, 0.2) is 5.58 Å². The third-order valence-electron chi connectivity index (χ3n) is 3.29. The maximum atomic E-state index is 11.2. The molecule has 0 aliphatic carbocycles. The summed E-state index contributed by atoms with van der Waals surface area (Å²) in [6.07, 6.45) is 0. The van der Waals surface area contributed by atoms with E-state index in [1.807, 2.05) is 43.4 Å². The van der Waals surface area contributed by atoms with Crippen LogP contribution in [-0.4, -0.2) is 12.0 Å². The Balaban J connectivity index is 2.10. The zero-order valence-corrected chi connectivity index (χ0v) is 13.5. The van der Waals surface area contributed by atoms with E-state index in [9.17, 15) is 4.79 Å². The number of halogens is 2. The topological polar surface area (TPSA) is 58.0 Å². The molecule has 0 spiro atoms. The molecule has 3 rings (SSSR count). The Labute approximate surface area is 134 Å². The van der Waals surface area contributed by atoms with Crippen molar-refractivity contribution in [2.45, 2.75) is 6.04 Å². The summed E-state index contributed by atoms with van der Waals surface area (Å²) in [6, 6.07) is 11.3. The molecule has 1 aromatic heterocycles. The first kappa shape index (κ1) is 14.4. The van der Waals surface area contributed by atoms with Crippen LogP contribution in [0.25, 0.3) is 11.1 Å². The standard InChI is InChI=1S/C15H12BrClN2O2/c1-18-14(9-4-10(16)7-11(17)5-9)8-2-3-12-13(6-8)21-15(20)19-12/h2-7,14,18H,1H3,(H,19,20). The SMILES string of the molecule is CNC(c1cc(Cl)cc(Br)c1)c1ccc2[nH]c(=O)oc2c1. The molecule has 2 N–H and O–H groups in total. The van der Waals surface area contributed by atoms with Gasteiger partial charge in [-0.2, -0.15) is 0 Å². The van der Waals surface area contributed by atoms with Gasteiger partial charge in [-0.05, 0) is 48.5 Å². The van der Waals surface area contributed by atoms with E-state index in [0.717, 1.165) is 15.6 Å². The molecule has 4 nitrogen and oxygen atoms in total. The maximum Gasteiger partial charge on any atom is 0.417 e. The van der Waals surface area contributed by atoms with Crippen molar-refractivity contribution in [2.24, 2.45) is 0 Å². The van der Waals surface area contributed by atoms with E-state index >= 15 is 0 Å². The third kappa shape index (κ3) is 2.90. The fourth-order valence-electron chi connectivity index (χ4n) is 2.41. The van der Waals surface area contributed by atoms with E-state index in [-0.39, 0.29) is 6.04 Å². The zero-order chi connectivity index (χ0) is 15.0. The van der Waals surface area contributed by atoms with Gasteiger partial charge < -0.3 is 9.73 Å². The largest absolute Gasteiger partial charge is 0.417 e. The molecule has 6 heteroatoms. The van der Waals surface area contributed by atoms with Crippen molar-refractivity contribution < 1.29 is 4.42 Å². The van der Waals surface area contributed by atoms with Crippen LogP contribution < -0.4 is 11.1 Å². The van der Waals surface area contributed by atoms with E-state index in [0.29, 0.717) is 16.1 Å². The molecule has 1 heterocycles. The second kappa shape index (κ2) is 5.67. The lowest BCUT2D eigenvalue weighted by Crippen LogP contribution is -2.17. The van der Waals surface area contributed by atoms with Gasteiger partial charge in [0, 0.05) is 9.50 Å². The molecule has 1 atom stereocenters. The Hall–Kier alpha value is -1.56. The first-order chi connectivity index (χ1) is 10.1. The van der Waals surface area contributed by atoms with Gasteiger partial charge in [-0.25, -0.2) is 4.79 Å². The quantitative estimate of drug-likeness (QED) is 0.739. The summed E-state index contributed by atoms with van der Waals surface area (Å²) in [7, 11) is 1.87. The van der Waals surface area contributed by atoms with Crippen molar-refractivity contribution in [1.82, 2.24) is 10.3 Å². The highest BCUT2D eigenvalue weighted by Gasteiger charge is 2.15. The number of rotatable bonds is 3. The van der Waals surface area contributed by atoms with Gasteiger partial charge in [0.1, 0.15) is 0 Å². The van der Waals surface area contributed by atoms with Crippen LogP contribution in [0.15, 0.2) is 50.1 Å². The lowest BCUT2D eigenvalue weighted by atomic mass is 9.98. The molecule has 0 amide bonds. The highest BCUT2D eigenvalue weighted by atomic mass is 79.9. The second-order valence-electron chi connectivity index (χ2n) is 4.69. The van der Waals surface area contributed by atoms with Crippen molar-refractivity contribution >= 4 is 38.6 Å². The molecular formula is C15H12BrClN2O2. The predicted molar refractivity (Wildman–Crippen MR) is 86.9 cm³/mol. The number of fused-ring (bicyclic) bond motifs is 1. The van der Waals surface area contributed by atoms with E-state index < -0.39 is 5.76 Å². The minimum absolute atomic E-state index is 0.0513. The smallest absolute Gasteiger partial charge is 0.408 e. The monoisotopic (exact) mass is 366 g/mol. The molecular weight excluding hydrogens is 356 g/mol. The van der Waals surface area contributed by atoms with Crippen molar-refractivity contribution in [2.75, 3.05) is 7.05 Å². The molecule has 0 saturated carbocycles. The molecule has 1 unspecified atom stereocenters. The van der Waals surface area contributed by atoms with E-state index in [1.165, 1.54) is 0 Å². The predicted octanol–water partition coefficient (Wildman–Crippen LogP) is 3.85. The van der Waals surface area contributed by atoms with Crippen LogP contribution in [0.3, 0.4) is 0 Å². The summed E-state index contributed by atoms with van der Waals surface area (Å²) in [4.78, 5) is 13.9. The Morgan fingerprint density at radius 1 is 1.24 bits per heavy atom. The van der Waals surface area contributed by atoms with Crippen molar-refractivity contribution in [1.29, 1.82) is 0 Å². The van der Waals surface area contributed by atoms with Gasteiger partial charge in [0.05, 0.1) is 11.6 Å². The van der Waals surface area contributed by atoms with Crippen LogP contribution in [0.4, 0.5) is 0 Å². The minimum Gasteiger partial charge on any atom is -0.408 e. The van der Waals surface area contributed by atoms with Crippen LogP contribution >= 0.6 is 27.5 Å². The van der Waals surface area contributed by atoms with Crippen LogP contribution in [0.1, 0.15) is 17.2 Å². The van der Waals surface area contributed by atoms with E-state index in [4.69, 9.17) is 16.0 Å². The zero-order valence-electron chi connectivity index (χ0n) is 11.1. The molecule has 0 bridgehead atoms. The number of aromatic amines is 1. The Bertz CT molecular complexity index is 836. The Kier molecular flexibility index (Phi) is 3.89. The number of nitrogens with one attached hydrogen (secondary N) is 2.